The molecule has 0 spiro atoms. The van der Waals surface area contributed by atoms with Crippen LogP contribution in [0.25, 0.3) is 0 Å². The lowest BCUT2D eigenvalue weighted by Gasteiger charge is -2.36. The molecule has 0 unspecified atom stereocenters. The van der Waals surface area contributed by atoms with E-state index in [1.54, 1.807) is 13.3 Å². The average molecular weight is 437 g/mol. The van der Waals surface area contributed by atoms with Gasteiger partial charge in [-0.15, -0.1) is 0 Å². The van der Waals surface area contributed by atoms with Crippen molar-refractivity contribution in [2.45, 2.75) is 32.6 Å². The van der Waals surface area contributed by atoms with Gasteiger partial charge in [0.1, 0.15) is 0 Å². The Morgan fingerprint density at radius 2 is 2.07 bits per heavy atom. The fraction of sp³-hybridized carbons (Fsp3) is 0.737. The van der Waals surface area contributed by atoms with Gasteiger partial charge in [0.25, 0.3) is 0 Å². The number of aliphatic imine (C=N–C) groups is 1. The fourth-order valence-electron chi connectivity index (χ4n) is 3.97. The zero-order valence-electron chi connectivity index (χ0n) is 16.2. The molecule has 8 heteroatoms. The molecule has 1 aromatic rings. The Morgan fingerprint density at radius 3 is 2.67 bits per heavy atom. The second-order valence-electron chi connectivity index (χ2n) is 7.81. The Kier molecular flexibility index (Phi) is 5.43. The Morgan fingerprint density at radius 1 is 1.33 bits per heavy atom. The first-order chi connectivity index (χ1) is 13.1. The van der Waals surface area contributed by atoms with Gasteiger partial charge in [-0.1, -0.05) is 0 Å². The molecular formula is C19H29BrN6O. The largest absolute Gasteiger partial charge is 0.480 e. The van der Waals surface area contributed by atoms with Gasteiger partial charge in [0.05, 0.1) is 17.8 Å². The molecule has 148 valence electrons. The van der Waals surface area contributed by atoms with Gasteiger partial charge in [-0.05, 0) is 59.9 Å². The molecule has 1 aromatic heterocycles. The molecule has 3 fully saturated rings. The summed E-state index contributed by atoms with van der Waals surface area (Å²) >= 11 is 3.41. The Labute approximate surface area is 169 Å². The van der Waals surface area contributed by atoms with Crippen LogP contribution in [0.3, 0.4) is 0 Å². The number of aromatic nitrogens is 2. The molecule has 3 aliphatic rings. The molecular weight excluding hydrogens is 408 g/mol. The van der Waals surface area contributed by atoms with Crippen molar-refractivity contribution in [3.63, 3.8) is 0 Å². The number of ether oxygens (including phenoxy) is 1. The molecule has 0 atom stereocenters. The topological polar surface area (TPSA) is 65.9 Å². The zero-order valence-corrected chi connectivity index (χ0v) is 17.8. The van der Waals surface area contributed by atoms with E-state index in [0.717, 1.165) is 61.6 Å². The minimum Gasteiger partial charge on any atom is -0.480 e. The first-order valence-electron chi connectivity index (χ1n) is 10.00. The van der Waals surface area contributed by atoms with Crippen molar-refractivity contribution in [3.05, 3.63) is 10.7 Å². The van der Waals surface area contributed by atoms with Crippen LogP contribution in [0.4, 0.5) is 5.95 Å². The van der Waals surface area contributed by atoms with Gasteiger partial charge >= 0.3 is 0 Å². The second kappa shape index (κ2) is 7.81. The molecule has 2 saturated carbocycles. The van der Waals surface area contributed by atoms with Gasteiger partial charge in [0.2, 0.25) is 11.8 Å². The maximum atomic E-state index is 5.30. The summed E-state index contributed by atoms with van der Waals surface area (Å²) in [6.07, 6.45) is 7.34. The molecule has 0 amide bonds. The minimum atomic E-state index is 0.546. The number of rotatable bonds is 6. The van der Waals surface area contributed by atoms with E-state index in [1.807, 2.05) is 0 Å². The third-order valence-corrected chi connectivity index (χ3v) is 6.51. The Hall–Kier alpha value is -1.57. The summed E-state index contributed by atoms with van der Waals surface area (Å²) in [4.78, 5) is 18.6. The highest BCUT2D eigenvalue weighted by atomic mass is 79.9. The molecule has 1 N–H and O–H groups in total. The molecule has 0 radical (unpaired) electrons. The van der Waals surface area contributed by atoms with Crippen molar-refractivity contribution >= 4 is 27.8 Å². The number of hydrogen-bond donors (Lipinski definition) is 1. The number of guanidine groups is 1. The highest BCUT2D eigenvalue weighted by Crippen LogP contribution is 2.61. The molecule has 27 heavy (non-hydrogen) atoms. The molecule has 7 nitrogen and oxygen atoms in total. The number of methoxy groups -OCH3 is 1. The second-order valence-corrected chi connectivity index (χ2v) is 8.66. The summed E-state index contributed by atoms with van der Waals surface area (Å²) in [7, 11) is 1.63. The normalized spacial score (nSPS) is 22.0. The van der Waals surface area contributed by atoms with Gasteiger partial charge < -0.3 is 19.9 Å². The maximum absolute atomic E-state index is 5.30. The quantitative estimate of drug-likeness (QED) is 0.545. The van der Waals surface area contributed by atoms with Crippen LogP contribution in [0.2, 0.25) is 0 Å². The molecule has 0 bridgehead atoms. The van der Waals surface area contributed by atoms with Crippen LogP contribution in [-0.2, 0) is 0 Å². The first kappa shape index (κ1) is 18.8. The van der Waals surface area contributed by atoms with E-state index in [2.05, 4.69) is 47.9 Å². The van der Waals surface area contributed by atoms with E-state index in [0.29, 0.717) is 11.3 Å². The summed E-state index contributed by atoms with van der Waals surface area (Å²) in [5.74, 6) is 3.32. The predicted molar refractivity (Wildman–Crippen MR) is 110 cm³/mol. The predicted octanol–water partition coefficient (Wildman–Crippen LogP) is 2.53. The standard InChI is InChI=1S/C19H29BrN6O/c1-3-21-17(23-13-19(6-7-19)14-4-5-14)25-8-10-26(11-9-25)18-22-12-15(20)16(24-18)27-2/h12,14H,3-11,13H2,1-2H3,(H,21,23). The SMILES string of the molecule is CCNC(=NCC1(C2CC2)CC1)N1CCN(c2ncc(Br)c(OC)n2)CC1. The van der Waals surface area contributed by atoms with E-state index in [9.17, 15) is 0 Å². The van der Waals surface area contributed by atoms with Crippen LogP contribution < -0.4 is 15.0 Å². The van der Waals surface area contributed by atoms with E-state index in [4.69, 9.17) is 9.73 Å². The van der Waals surface area contributed by atoms with E-state index in [-0.39, 0.29) is 0 Å². The average Bonchev–Trinajstić information content (AvgIpc) is 3.59. The fourth-order valence-corrected chi connectivity index (χ4v) is 4.32. The van der Waals surface area contributed by atoms with E-state index < -0.39 is 0 Å². The van der Waals surface area contributed by atoms with Gasteiger partial charge in [-0.3, -0.25) is 4.99 Å². The van der Waals surface area contributed by atoms with Crippen LogP contribution in [0, 0.1) is 11.3 Å². The Bertz CT molecular complexity index is 695. The van der Waals surface area contributed by atoms with Crippen molar-refractivity contribution in [3.8, 4) is 5.88 Å². The highest BCUT2D eigenvalue weighted by Gasteiger charge is 2.53. The van der Waals surface area contributed by atoms with Gasteiger partial charge in [-0.25, -0.2) is 4.98 Å². The number of nitrogens with one attached hydrogen (secondary N) is 1. The third kappa shape index (κ3) is 4.15. The molecule has 0 aromatic carbocycles. The van der Waals surface area contributed by atoms with Crippen LogP contribution in [0.1, 0.15) is 32.6 Å². The highest BCUT2D eigenvalue weighted by molar-refractivity contribution is 9.10. The van der Waals surface area contributed by atoms with Crippen LogP contribution in [0.15, 0.2) is 15.7 Å². The summed E-state index contributed by atoms with van der Waals surface area (Å²) in [5, 5.41) is 3.49. The van der Waals surface area contributed by atoms with E-state index in [1.165, 1.54) is 25.7 Å². The van der Waals surface area contributed by atoms with E-state index >= 15 is 0 Å². The number of anilines is 1. The van der Waals surface area contributed by atoms with Crippen molar-refractivity contribution in [2.24, 2.45) is 16.3 Å². The van der Waals surface area contributed by atoms with Crippen LogP contribution >= 0.6 is 15.9 Å². The van der Waals surface area contributed by atoms with Crippen LogP contribution in [0.5, 0.6) is 5.88 Å². The molecule has 2 heterocycles. The smallest absolute Gasteiger partial charge is 0.232 e. The van der Waals surface area contributed by atoms with Crippen molar-refractivity contribution < 1.29 is 4.74 Å². The summed E-state index contributed by atoms with van der Waals surface area (Å²) in [6.45, 7) is 7.64. The summed E-state index contributed by atoms with van der Waals surface area (Å²) in [5.41, 5.74) is 0.546. The first-order valence-corrected chi connectivity index (χ1v) is 10.8. The van der Waals surface area contributed by atoms with Gasteiger partial charge in [0, 0.05) is 39.3 Å². The van der Waals surface area contributed by atoms with Crippen molar-refractivity contribution in [2.75, 3.05) is 51.3 Å². The van der Waals surface area contributed by atoms with Crippen LogP contribution in [-0.4, -0.2) is 67.2 Å². The minimum absolute atomic E-state index is 0.546. The zero-order chi connectivity index (χ0) is 18.9. The summed E-state index contributed by atoms with van der Waals surface area (Å²) in [6, 6.07) is 0. The number of piperazine rings is 1. The van der Waals surface area contributed by atoms with Gasteiger partial charge in [-0.2, -0.15) is 4.98 Å². The molecule has 1 aliphatic heterocycles. The lowest BCUT2D eigenvalue weighted by Crippen LogP contribution is -2.53. The number of nitrogens with zero attached hydrogens (tertiary/aromatic N) is 5. The van der Waals surface area contributed by atoms with Crippen molar-refractivity contribution in [1.29, 1.82) is 0 Å². The van der Waals surface area contributed by atoms with Gasteiger partial charge in [0.15, 0.2) is 5.96 Å². The molecule has 1 saturated heterocycles. The molecule has 4 rings (SSSR count). The number of halogens is 1. The Balaban J connectivity index is 1.37. The monoisotopic (exact) mass is 436 g/mol. The maximum Gasteiger partial charge on any atom is 0.232 e. The molecule has 2 aliphatic carbocycles. The summed E-state index contributed by atoms with van der Waals surface area (Å²) < 4.78 is 6.07. The lowest BCUT2D eigenvalue weighted by atomic mass is 10.0. The number of hydrogen-bond acceptors (Lipinski definition) is 5. The third-order valence-electron chi connectivity index (χ3n) is 5.97. The lowest BCUT2D eigenvalue weighted by molar-refractivity contribution is 0.362. The van der Waals surface area contributed by atoms with Crippen molar-refractivity contribution in [1.82, 2.24) is 20.2 Å².